The van der Waals surface area contributed by atoms with E-state index in [1.807, 2.05) is 12.1 Å². The summed E-state index contributed by atoms with van der Waals surface area (Å²) >= 11 is 6.00. The van der Waals surface area contributed by atoms with Gasteiger partial charge in [0.25, 0.3) is 0 Å². The van der Waals surface area contributed by atoms with Gasteiger partial charge in [0.15, 0.2) is 0 Å². The highest BCUT2D eigenvalue weighted by Crippen LogP contribution is 2.46. The molecule has 0 aromatic heterocycles. The summed E-state index contributed by atoms with van der Waals surface area (Å²) in [7, 11) is 0. The topological polar surface area (TPSA) is 20.3 Å². The number of Topliss-reactive ketones (excluding diaryl/α,β-unsaturated/α-hetero) is 1. The minimum atomic E-state index is 0.227. The molecule has 0 saturated carbocycles. The van der Waals surface area contributed by atoms with Crippen LogP contribution in [-0.2, 0) is 11.2 Å². The number of rotatable bonds is 3. The van der Waals surface area contributed by atoms with Gasteiger partial charge in [-0.05, 0) is 56.2 Å². The van der Waals surface area contributed by atoms with Crippen LogP contribution >= 0.6 is 11.6 Å². The van der Waals surface area contributed by atoms with Crippen molar-refractivity contribution in [3.8, 4) is 0 Å². The second kappa shape index (κ2) is 6.99. The number of hydrogen-bond donors (Lipinski definition) is 0. The summed E-state index contributed by atoms with van der Waals surface area (Å²) < 4.78 is 0. The van der Waals surface area contributed by atoms with Gasteiger partial charge in [0.05, 0.1) is 0 Å². The second-order valence-electron chi connectivity index (χ2n) is 7.75. The predicted octanol–water partition coefficient (Wildman–Crippen LogP) is 5.03. The lowest BCUT2D eigenvalue weighted by molar-refractivity contribution is -0.124. The number of hydrogen-bond acceptors (Lipinski definition) is 2. The zero-order valence-electron chi connectivity index (χ0n) is 14.8. The predicted molar refractivity (Wildman–Crippen MR) is 102 cm³/mol. The highest BCUT2D eigenvalue weighted by molar-refractivity contribution is 6.30. The third-order valence-electron chi connectivity index (χ3n) is 6.29. The van der Waals surface area contributed by atoms with Crippen LogP contribution in [0.5, 0.6) is 0 Å². The van der Waals surface area contributed by atoms with E-state index in [0.717, 1.165) is 24.4 Å². The normalized spacial score (nSPS) is 31.4. The molecule has 1 fully saturated rings. The Bertz CT molecular complexity index is 705. The summed E-state index contributed by atoms with van der Waals surface area (Å²) in [4.78, 5) is 14.9. The third-order valence-corrected chi connectivity index (χ3v) is 6.55. The maximum Gasteiger partial charge on any atom is 0.140 e. The number of halogens is 1. The fraction of sp³-hybridized carbons (Fsp3) is 0.500. The quantitative estimate of drug-likeness (QED) is 0.708. The lowest BCUT2D eigenvalue weighted by Crippen LogP contribution is -2.46. The highest BCUT2D eigenvalue weighted by atomic mass is 35.5. The molecule has 0 amide bonds. The summed E-state index contributed by atoms with van der Waals surface area (Å²) in [6.45, 7) is 3.38. The van der Waals surface area contributed by atoms with E-state index in [1.165, 1.54) is 24.1 Å². The number of nitrogens with zero attached hydrogens (tertiary/aromatic N) is 1. The molecule has 3 unspecified atom stereocenters. The Kier molecular flexibility index (Phi) is 4.73. The zero-order valence-corrected chi connectivity index (χ0v) is 15.6. The molecule has 2 nitrogen and oxygen atoms in total. The fourth-order valence-electron chi connectivity index (χ4n) is 4.89. The SMILES string of the molecule is CC1CC[C@@H]2C(=CCC3C(=O)CC=CC32)N1CCc1ccc(Cl)cc1. The molecule has 1 aliphatic heterocycles. The van der Waals surface area contributed by atoms with E-state index in [9.17, 15) is 4.79 Å². The Hall–Kier alpha value is -1.54. The molecule has 1 saturated heterocycles. The van der Waals surface area contributed by atoms with Crippen molar-refractivity contribution in [1.82, 2.24) is 4.90 Å². The second-order valence-corrected chi connectivity index (χ2v) is 8.19. The summed E-state index contributed by atoms with van der Waals surface area (Å²) in [6, 6.07) is 8.78. The average Bonchev–Trinajstić information content (AvgIpc) is 2.62. The summed E-state index contributed by atoms with van der Waals surface area (Å²) in [5.41, 5.74) is 2.83. The molecule has 0 N–H and O–H groups in total. The minimum Gasteiger partial charge on any atom is -0.372 e. The first-order valence-corrected chi connectivity index (χ1v) is 9.92. The van der Waals surface area contributed by atoms with Gasteiger partial charge in [0, 0.05) is 41.6 Å². The monoisotopic (exact) mass is 355 g/mol. The zero-order chi connectivity index (χ0) is 17.4. The number of carbonyl (C=O) groups excluding carboxylic acids is 1. The molecular weight excluding hydrogens is 330 g/mol. The van der Waals surface area contributed by atoms with Crippen molar-refractivity contribution in [3.63, 3.8) is 0 Å². The van der Waals surface area contributed by atoms with Crippen molar-refractivity contribution >= 4 is 17.4 Å². The first kappa shape index (κ1) is 16.9. The Morgan fingerprint density at radius 1 is 1.16 bits per heavy atom. The van der Waals surface area contributed by atoms with Crippen molar-refractivity contribution in [2.24, 2.45) is 17.8 Å². The number of benzene rings is 1. The number of ketones is 1. The van der Waals surface area contributed by atoms with E-state index in [1.54, 1.807) is 0 Å². The maximum absolute atomic E-state index is 12.3. The molecule has 132 valence electrons. The fourth-order valence-corrected chi connectivity index (χ4v) is 5.02. The van der Waals surface area contributed by atoms with Crippen LogP contribution < -0.4 is 0 Å². The van der Waals surface area contributed by atoms with Gasteiger partial charge in [-0.3, -0.25) is 4.79 Å². The Morgan fingerprint density at radius 2 is 1.96 bits per heavy atom. The molecule has 0 spiro atoms. The molecule has 0 bridgehead atoms. The van der Waals surface area contributed by atoms with E-state index in [0.29, 0.717) is 30.1 Å². The van der Waals surface area contributed by atoms with E-state index < -0.39 is 0 Å². The molecule has 1 heterocycles. The van der Waals surface area contributed by atoms with Crippen molar-refractivity contribution in [2.45, 2.75) is 45.1 Å². The van der Waals surface area contributed by atoms with Gasteiger partial charge >= 0.3 is 0 Å². The smallest absolute Gasteiger partial charge is 0.140 e. The largest absolute Gasteiger partial charge is 0.372 e. The number of carbonyl (C=O) groups is 1. The number of allylic oxidation sites excluding steroid dienone is 4. The molecule has 4 atom stereocenters. The van der Waals surface area contributed by atoms with E-state index >= 15 is 0 Å². The lowest BCUT2D eigenvalue weighted by atomic mass is 9.66. The number of piperidine rings is 1. The van der Waals surface area contributed by atoms with Gasteiger partial charge in [0.2, 0.25) is 0 Å². The average molecular weight is 356 g/mol. The van der Waals surface area contributed by atoms with Crippen LogP contribution in [0.1, 0.15) is 38.2 Å². The molecule has 3 heteroatoms. The molecule has 3 aliphatic rings. The van der Waals surface area contributed by atoms with Gasteiger partial charge in [-0.25, -0.2) is 0 Å². The van der Waals surface area contributed by atoms with Gasteiger partial charge < -0.3 is 4.90 Å². The van der Waals surface area contributed by atoms with Crippen molar-refractivity contribution in [3.05, 3.63) is 58.8 Å². The molecular formula is C22H26ClNO. The lowest BCUT2D eigenvalue weighted by Gasteiger charge is -2.48. The summed E-state index contributed by atoms with van der Waals surface area (Å²) in [6.07, 6.45) is 11.8. The van der Waals surface area contributed by atoms with E-state index in [-0.39, 0.29) is 5.92 Å². The molecule has 25 heavy (non-hydrogen) atoms. The van der Waals surface area contributed by atoms with Crippen LogP contribution in [0.15, 0.2) is 48.2 Å². The molecule has 1 aromatic rings. The van der Waals surface area contributed by atoms with Gasteiger partial charge in [-0.1, -0.05) is 42.0 Å². The first-order valence-electron chi connectivity index (χ1n) is 9.54. The van der Waals surface area contributed by atoms with Crippen LogP contribution in [0.2, 0.25) is 5.02 Å². The molecule has 1 aromatic carbocycles. The van der Waals surface area contributed by atoms with E-state index in [4.69, 9.17) is 11.6 Å². The molecule has 0 radical (unpaired) electrons. The van der Waals surface area contributed by atoms with Crippen LogP contribution in [0, 0.1) is 17.8 Å². The van der Waals surface area contributed by atoms with Crippen LogP contribution in [-0.4, -0.2) is 23.3 Å². The molecule has 4 rings (SSSR count). The van der Waals surface area contributed by atoms with Crippen molar-refractivity contribution < 1.29 is 4.79 Å². The first-order chi connectivity index (χ1) is 12.1. The summed E-state index contributed by atoms with van der Waals surface area (Å²) in [5, 5.41) is 0.796. The number of likely N-dealkylation sites (tertiary alicyclic amines) is 1. The van der Waals surface area contributed by atoms with Crippen molar-refractivity contribution in [1.29, 1.82) is 0 Å². The minimum absolute atomic E-state index is 0.227. The van der Waals surface area contributed by atoms with Crippen LogP contribution in [0.4, 0.5) is 0 Å². The van der Waals surface area contributed by atoms with Gasteiger partial charge in [-0.2, -0.15) is 0 Å². The maximum atomic E-state index is 12.3. The van der Waals surface area contributed by atoms with Crippen LogP contribution in [0.3, 0.4) is 0 Å². The third kappa shape index (κ3) is 3.29. The Morgan fingerprint density at radius 3 is 2.76 bits per heavy atom. The highest BCUT2D eigenvalue weighted by Gasteiger charge is 2.42. The summed E-state index contributed by atoms with van der Waals surface area (Å²) in [5.74, 6) is 1.62. The van der Waals surface area contributed by atoms with Gasteiger partial charge in [0.1, 0.15) is 5.78 Å². The molecule has 2 aliphatic carbocycles. The van der Waals surface area contributed by atoms with Crippen molar-refractivity contribution in [2.75, 3.05) is 6.54 Å². The van der Waals surface area contributed by atoms with Gasteiger partial charge in [-0.15, -0.1) is 0 Å². The van der Waals surface area contributed by atoms with Crippen LogP contribution in [0.25, 0.3) is 0 Å². The Labute approximate surface area is 155 Å². The number of fused-ring (bicyclic) bond motifs is 3. The Balaban J connectivity index is 1.52. The van der Waals surface area contributed by atoms with E-state index in [2.05, 4.69) is 42.2 Å². The standard InChI is InChI=1S/C22H26ClNO/c1-15-5-10-19-18-3-2-4-22(25)20(18)11-12-21(19)24(15)14-13-16-6-8-17(23)9-7-16/h2-3,6-9,12,15,18-20H,4-5,10-11,13-14H2,1H3/t15?,18?,19-,20?/m0/s1.